The lowest BCUT2D eigenvalue weighted by atomic mass is 10.6. The van der Waals surface area contributed by atoms with Gasteiger partial charge in [0, 0.05) is 0 Å². The highest BCUT2D eigenvalue weighted by Crippen LogP contribution is 1.84. The number of terminal acetylenes is 1. The SMILES string of the molecule is C#CCOC(=O)OC/C=C/C. The minimum absolute atomic E-state index is 0.0470. The molecule has 0 aromatic rings. The number of hydrogen-bond donors (Lipinski definition) is 0. The van der Waals surface area contributed by atoms with E-state index in [9.17, 15) is 4.79 Å². The first kappa shape index (κ1) is 9.57. The summed E-state index contributed by atoms with van der Waals surface area (Å²) in [6.07, 6.45) is 7.56. The Morgan fingerprint density at radius 1 is 1.64 bits per heavy atom. The molecule has 0 aliphatic heterocycles. The van der Waals surface area contributed by atoms with Gasteiger partial charge in [-0.1, -0.05) is 18.1 Å². The summed E-state index contributed by atoms with van der Waals surface area (Å²) in [6.45, 7) is 2.00. The van der Waals surface area contributed by atoms with E-state index >= 15 is 0 Å². The van der Waals surface area contributed by atoms with Crippen LogP contribution in [0.4, 0.5) is 4.79 Å². The van der Waals surface area contributed by atoms with Gasteiger partial charge in [0.25, 0.3) is 0 Å². The molecule has 3 nitrogen and oxygen atoms in total. The van der Waals surface area contributed by atoms with Crippen LogP contribution in [0.1, 0.15) is 6.92 Å². The maximum Gasteiger partial charge on any atom is 0.509 e. The molecule has 0 aliphatic carbocycles. The zero-order valence-electron chi connectivity index (χ0n) is 6.37. The van der Waals surface area contributed by atoms with E-state index in [1.54, 1.807) is 12.2 Å². The number of allylic oxidation sites excluding steroid dienone is 1. The lowest BCUT2D eigenvalue weighted by Crippen LogP contribution is -2.07. The molecule has 0 rings (SSSR count). The zero-order chi connectivity index (χ0) is 8.53. The molecule has 0 spiro atoms. The Morgan fingerprint density at radius 3 is 2.91 bits per heavy atom. The van der Waals surface area contributed by atoms with Gasteiger partial charge < -0.3 is 9.47 Å². The summed E-state index contributed by atoms with van der Waals surface area (Å²) in [5.41, 5.74) is 0. The van der Waals surface area contributed by atoms with Crippen molar-refractivity contribution in [2.45, 2.75) is 6.92 Å². The van der Waals surface area contributed by atoms with Crippen LogP contribution < -0.4 is 0 Å². The predicted octanol–water partition coefficient (Wildman–Crippen LogP) is 1.35. The average Bonchev–Trinajstić information content (AvgIpc) is 2.01. The topological polar surface area (TPSA) is 35.5 Å². The molecular formula is C8H10O3. The molecule has 0 aliphatic rings. The van der Waals surface area contributed by atoms with Gasteiger partial charge in [0.1, 0.15) is 6.61 Å². The fourth-order valence-electron chi connectivity index (χ4n) is 0.355. The Balaban J connectivity index is 3.31. The molecule has 0 radical (unpaired) electrons. The molecule has 3 heteroatoms. The second-order valence-electron chi connectivity index (χ2n) is 1.62. The van der Waals surface area contributed by atoms with Crippen molar-refractivity contribution in [2.24, 2.45) is 0 Å². The fraction of sp³-hybridized carbons (Fsp3) is 0.375. The fourth-order valence-corrected chi connectivity index (χ4v) is 0.355. The van der Waals surface area contributed by atoms with Gasteiger partial charge in [0.2, 0.25) is 0 Å². The van der Waals surface area contributed by atoms with E-state index in [1.807, 2.05) is 6.92 Å². The van der Waals surface area contributed by atoms with Crippen molar-refractivity contribution in [1.82, 2.24) is 0 Å². The van der Waals surface area contributed by atoms with Crippen LogP contribution in [0.5, 0.6) is 0 Å². The van der Waals surface area contributed by atoms with Crippen molar-refractivity contribution in [3.8, 4) is 12.3 Å². The molecule has 0 N–H and O–H groups in total. The second-order valence-corrected chi connectivity index (χ2v) is 1.62. The minimum Gasteiger partial charge on any atom is -0.430 e. The van der Waals surface area contributed by atoms with Crippen LogP contribution in [0.15, 0.2) is 12.2 Å². The lowest BCUT2D eigenvalue weighted by molar-refractivity contribution is 0.0731. The summed E-state index contributed by atoms with van der Waals surface area (Å²) in [7, 11) is 0. The zero-order valence-corrected chi connectivity index (χ0v) is 6.37. The molecule has 0 aromatic carbocycles. The first-order valence-corrected chi connectivity index (χ1v) is 3.15. The first-order chi connectivity index (χ1) is 5.31. The van der Waals surface area contributed by atoms with Crippen molar-refractivity contribution in [3.63, 3.8) is 0 Å². The van der Waals surface area contributed by atoms with Gasteiger partial charge in [-0.05, 0) is 6.92 Å². The van der Waals surface area contributed by atoms with Crippen molar-refractivity contribution in [2.75, 3.05) is 13.2 Å². The molecule has 11 heavy (non-hydrogen) atoms. The van der Waals surface area contributed by atoms with Crippen molar-refractivity contribution in [1.29, 1.82) is 0 Å². The van der Waals surface area contributed by atoms with E-state index < -0.39 is 6.16 Å². The van der Waals surface area contributed by atoms with Gasteiger partial charge in [0.05, 0.1) is 0 Å². The third-order valence-corrected chi connectivity index (χ3v) is 0.806. The molecule has 0 heterocycles. The van der Waals surface area contributed by atoms with Crippen LogP contribution in [-0.2, 0) is 9.47 Å². The summed E-state index contributed by atoms with van der Waals surface area (Å²) in [5, 5.41) is 0. The summed E-state index contributed by atoms with van der Waals surface area (Å²) in [5.74, 6) is 2.15. The van der Waals surface area contributed by atoms with Gasteiger partial charge in [-0.15, -0.1) is 6.42 Å². The molecule has 0 bridgehead atoms. The van der Waals surface area contributed by atoms with Gasteiger partial charge in [0.15, 0.2) is 6.61 Å². The Bertz CT molecular complexity index is 176. The normalized spacial score (nSPS) is 9.09. The standard InChI is InChI=1S/C8H10O3/c1-3-5-7-11-8(9)10-6-4-2/h2-3,5H,6-7H2,1H3/b5-3+. The lowest BCUT2D eigenvalue weighted by Gasteiger charge is -1.99. The van der Waals surface area contributed by atoms with Crippen molar-refractivity contribution < 1.29 is 14.3 Å². The number of ether oxygens (including phenoxy) is 2. The minimum atomic E-state index is -0.735. The molecule has 0 unspecified atom stereocenters. The third kappa shape index (κ3) is 6.46. The number of carbonyl (C=O) groups is 1. The van der Waals surface area contributed by atoms with Crippen LogP contribution in [0.2, 0.25) is 0 Å². The molecule has 0 saturated heterocycles. The summed E-state index contributed by atoms with van der Waals surface area (Å²) in [4.78, 5) is 10.5. The smallest absolute Gasteiger partial charge is 0.430 e. The first-order valence-electron chi connectivity index (χ1n) is 3.15. The van der Waals surface area contributed by atoms with E-state index in [4.69, 9.17) is 6.42 Å². The number of rotatable bonds is 3. The Hall–Kier alpha value is -1.43. The van der Waals surface area contributed by atoms with Gasteiger partial charge in [-0.25, -0.2) is 4.79 Å². The molecule has 0 atom stereocenters. The number of carbonyl (C=O) groups excluding carboxylic acids is 1. The van der Waals surface area contributed by atoms with Crippen LogP contribution in [0.25, 0.3) is 0 Å². The highest BCUT2D eigenvalue weighted by atomic mass is 16.7. The van der Waals surface area contributed by atoms with Crippen LogP contribution in [-0.4, -0.2) is 19.4 Å². The largest absolute Gasteiger partial charge is 0.509 e. The third-order valence-electron chi connectivity index (χ3n) is 0.806. The van der Waals surface area contributed by atoms with E-state index in [0.717, 1.165) is 0 Å². The summed E-state index contributed by atoms with van der Waals surface area (Å²) < 4.78 is 8.95. The Morgan fingerprint density at radius 2 is 2.36 bits per heavy atom. The maximum atomic E-state index is 10.5. The van der Waals surface area contributed by atoms with Gasteiger partial charge >= 0.3 is 6.16 Å². The molecule has 0 amide bonds. The predicted molar refractivity (Wildman–Crippen MR) is 40.9 cm³/mol. The van der Waals surface area contributed by atoms with Crippen LogP contribution >= 0.6 is 0 Å². The van der Waals surface area contributed by atoms with E-state index in [-0.39, 0.29) is 13.2 Å². The molecular weight excluding hydrogens is 144 g/mol. The highest BCUT2D eigenvalue weighted by molar-refractivity contribution is 5.60. The molecule has 0 aromatic heterocycles. The van der Waals surface area contributed by atoms with Crippen molar-refractivity contribution >= 4 is 6.16 Å². The molecule has 0 fully saturated rings. The molecule has 0 saturated carbocycles. The maximum absolute atomic E-state index is 10.5. The monoisotopic (exact) mass is 154 g/mol. The van der Waals surface area contributed by atoms with Crippen LogP contribution in [0.3, 0.4) is 0 Å². The highest BCUT2D eigenvalue weighted by Gasteiger charge is 1.98. The Labute approximate surface area is 66.0 Å². The number of hydrogen-bond acceptors (Lipinski definition) is 3. The van der Waals surface area contributed by atoms with Gasteiger partial charge in [-0.2, -0.15) is 0 Å². The van der Waals surface area contributed by atoms with E-state index in [0.29, 0.717) is 0 Å². The van der Waals surface area contributed by atoms with Crippen molar-refractivity contribution in [3.05, 3.63) is 12.2 Å². The summed E-state index contributed by atoms with van der Waals surface area (Å²) in [6, 6.07) is 0. The molecule has 60 valence electrons. The second kappa shape index (κ2) is 6.69. The average molecular weight is 154 g/mol. The van der Waals surface area contributed by atoms with Crippen LogP contribution in [0, 0.1) is 12.3 Å². The summed E-state index contributed by atoms with van der Waals surface area (Å²) >= 11 is 0. The quantitative estimate of drug-likeness (QED) is 0.349. The Kier molecular flexibility index (Phi) is 5.82. The van der Waals surface area contributed by atoms with E-state index in [2.05, 4.69) is 15.4 Å². The van der Waals surface area contributed by atoms with E-state index in [1.165, 1.54) is 0 Å². The van der Waals surface area contributed by atoms with Gasteiger partial charge in [-0.3, -0.25) is 0 Å².